The van der Waals surface area contributed by atoms with Crippen molar-refractivity contribution in [1.29, 1.82) is 0 Å². The number of hydrogen-bond donors (Lipinski definition) is 1. The van der Waals surface area contributed by atoms with E-state index in [1.165, 1.54) is 0 Å². The summed E-state index contributed by atoms with van der Waals surface area (Å²) in [4.78, 5) is 19.8. The lowest BCUT2D eigenvalue weighted by Gasteiger charge is -2.31. The van der Waals surface area contributed by atoms with E-state index in [1.54, 1.807) is 6.20 Å². The fourth-order valence-electron chi connectivity index (χ4n) is 3.68. The Bertz CT molecular complexity index is 741. The topological polar surface area (TPSA) is 54.5 Å². The summed E-state index contributed by atoms with van der Waals surface area (Å²) in [6, 6.07) is 14.0. The van der Waals surface area contributed by atoms with Crippen LogP contribution in [0, 0.1) is 0 Å². The molecule has 2 heterocycles. The fourth-order valence-corrected chi connectivity index (χ4v) is 3.68. The molecule has 0 radical (unpaired) electrons. The van der Waals surface area contributed by atoms with Crippen molar-refractivity contribution >= 4 is 5.91 Å². The molecule has 0 spiro atoms. The highest BCUT2D eigenvalue weighted by Gasteiger charge is 2.25. The molecule has 1 N–H and O–H groups in total. The largest absolute Gasteiger partial charge is 0.491 e. The van der Waals surface area contributed by atoms with Gasteiger partial charge < -0.3 is 15.0 Å². The van der Waals surface area contributed by atoms with Gasteiger partial charge in [-0.1, -0.05) is 18.2 Å². The van der Waals surface area contributed by atoms with E-state index in [4.69, 9.17) is 4.74 Å². The van der Waals surface area contributed by atoms with Crippen LogP contribution in [0.15, 0.2) is 48.7 Å². The lowest BCUT2D eigenvalue weighted by atomic mass is 10.0. The number of nitrogens with zero attached hydrogens (tertiary/aromatic N) is 2. The Morgan fingerprint density at radius 3 is 2.89 bits per heavy atom. The van der Waals surface area contributed by atoms with Crippen LogP contribution < -0.4 is 10.1 Å². The number of ether oxygens (including phenoxy) is 1. The molecule has 1 atom stereocenters. The Labute approximate surface area is 168 Å². The van der Waals surface area contributed by atoms with E-state index in [-0.39, 0.29) is 18.1 Å². The van der Waals surface area contributed by atoms with Crippen molar-refractivity contribution in [2.24, 2.45) is 0 Å². The average Bonchev–Trinajstić information content (AvgIpc) is 2.96. The molecular formula is C23H31N3O2. The molecule has 5 nitrogen and oxygen atoms in total. The van der Waals surface area contributed by atoms with Crippen LogP contribution in [0.3, 0.4) is 0 Å². The van der Waals surface area contributed by atoms with Crippen molar-refractivity contribution < 1.29 is 9.53 Å². The predicted octanol–water partition coefficient (Wildman–Crippen LogP) is 3.58. The Hall–Kier alpha value is -2.40. The first-order chi connectivity index (χ1) is 13.6. The number of carbonyl (C=O) groups excluding carboxylic acids is 1. The van der Waals surface area contributed by atoms with Crippen LogP contribution in [0.4, 0.5) is 0 Å². The molecule has 0 bridgehead atoms. The second-order valence-corrected chi connectivity index (χ2v) is 7.67. The molecule has 1 fully saturated rings. The van der Waals surface area contributed by atoms with Crippen molar-refractivity contribution in [3.63, 3.8) is 0 Å². The third-order valence-electron chi connectivity index (χ3n) is 4.99. The minimum atomic E-state index is 0.116. The van der Waals surface area contributed by atoms with Crippen LogP contribution in [0.25, 0.3) is 0 Å². The summed E-state index contributed by atoms with van der Waals surface area (Å²) in [6.45, 7) is 6.55. The highest BCUT2D eigenvalue weighted by Crippen LogP contribution is 2.20. The quantitative estimate of drug-likeness (QED) is 0.796. The fraction of sp³-hybridized carbons (Fsp3) is 0.478. The third-order valence-corrected chi connectivity index (χ3v) is 4.99. The van der Waals surface area contributed by atoms with Gasteiger partial charge in [0.2, 0.25) is 5.91 Å². The Morgan fingerprint density at radius 1 is 1.21 bits per heavy atom. The predicted molar refractivity (Wildman–Crippen MR) is 111 cm³/mol. The maximum atomic E-state index is 13.3. The third kappa shape index (κ3) is 6.06. The van der Waals surface area contributed by atoms with Crippen LogP contribution in [0.1, 0.15) is 44.4 Å². The van der Waals surface area contributed by atoms with Gasteiger partial charge in [0.05, 0.1) is 24.8 Å². The van der Waals surface area contributed by atoms with Gasteiger partial charge in [-0.25, -0.2) is 0 Å². The van der Waals surface area contributed by atoms with Crippen molar-refractivity contribution in [3.8, 4) is 5.75 Å². The molecule has 1 aromatic carbocycles. The molecule has 1 amide bonds. The first-order valence-electron chi connectivity index (χ1n) is 10.3. The summed E-state index contributed by atoms with van der Waals surface area (Å²) < 4.78 is 5.78. The van der Waals surface area contributed by atoms with Gasteiger partial charge in [0.25, 0.3) is 0 Å². The van der Waals surface area contributed by atoms with Crippen molar-refractivity contribution in [1.82, 2.24) is 15.2 Å². The molecule has 0 aliphatic carbocycles. The molecule has 150 valence electrons. The number of carbonyl (C=O) groups is 1. The Morgan fingerprint density at radius 2 is 2.11 bits per heavy atom. The summed E-state index contributed by atoms with van der Waals surface area (Å²) >= 11 is 0. The number of pyridine rings is 1. The van der Waals surface area contributed by atoms with Gasteiger partial charge in [-0.2, -0.15) is 0 Å². The Balaban J connectivity index is 1.75. The van der Waals surface area contributed by atoms with Gasteiger partial charge in [-0.05, 0) is 76.0 Å². The maximum Gasteiger partial charge on any atom is 0.227 e. The van der Waals surface area contributed by atoms with Crippen LogP contribution in [0.2, 0.25) is 0 Å². The van der Waals surface area contributed by atoms with Crippen LogP contribution in [0.5, 0.6) is 5.75 Å². The van der Waals surface area contributed by atoms with Crippen LogP contribution >= 0.6 is 0 Å². The summed E-state index contributed by atoms with van der Waals surface area (Å²) in [5, 5.41) is 3.44. The molecular weight excluding hydrogens is 350 g/mol. The second kappa shape index (κ2) is 10.2. The van der Waals surface area contributed by atoms with E-state index in [0.717, 1.165) is 49.4 Å². The molecule has 2 aromatic rings. The zero-order valence-corrected chi connectivity index (χ0v) is 16.9. The first kappa shape index (κ1) is 20.3. The first-order valence-corrected chi connectivity index (χ1v) is 10.3. The number of aromatic nitrogens is 1. The van der Waals surface area contributed by atoms with E-state index >= 15 is 0 Å². The minimum Gasteiger partial charge on any atom is -0.491 e. The molecule has 5 heteroatoms. The van der Waals surface area contributed by atoms with E-state index in [1.807, 2.05) is 61.2 Å². The van der Waals surface area contributed by atoms with E-state index < -0.39 is 0 Å². The molecule has 1 aliphatic rings. The lowest BCUT2D eigenvalue weighted by molar-refractivity contribution is -0.133. The average molecular weight is 382 g/mol. The summed E-state index contributed by atoms with van der Waals surface area (Å²) in [5.74, 6) is 0.967. The van der Waals surface area contributed by atoms with Crippen LogP contribution in [-0.4, -0.2) is 41.0 Å². The monoisotopic (exact) mass is 381 g/mol. The molecule has 1 saturated heterocycles. The minimum absolute atomic E-state index is 0.116. The van der Waals surface area contributed by atoms with E-state index in [9.17, 15) is 4.79 Å². The highest BCUT2D eigenvalue weighted by atomic mass is 16.5. The number of hydrogen-bond acceptors (Lipinski definition) is 4. The molecule has 1 unspecified atom stereocenters. The maximum absolute atomic E-state index is 13.3. The highest BCUT2D eigenvalue weighted by molar-refractivity contribution is 5.79. The zero-order chi connectivity index (χ0) is 19.8. The standard InChI is InChI=1S/C23H31N3O2/c1-18(2)28-22-10-5-7-19(15-22)16-23(27)26(17-20-8-3-4-13-25-20)21-9-6-12-24-14-11-21/h3-5,7-8,10,13,15,18,21,24H,6,9,11-12,14,16-17H2,1-2H3. The van der Waals surface area contributed by atoms with Gasteiger partial charge in [-0.3, -0.25) is 9.78 Å². The summed E-state index contributed by atoms with van der Waals surface area (Å²) in [7, 11) is 0. The van der Waals surface area contributed by atoms with Crippen LogP contribution in [-0.2, 0) is 17.8 Å². The number of nitrogens with one attached hydrogen (secondary N) is 1. The molecule has 0 saturated carbocycles. The number of amides is 1. The van der Waals surface area contributed by atoms with Gasteiger partial charge in [-0.15, -0.1) is 0 Å². The molecule has 28 heavy (non-hydrogen) atoms. The molecule has 1 aliphatic heterocycles. The van der Waals surface area contributed by atoms with E-state index in [0.29, 0.717) is 13.0 Å². The van der Waals surface area contributed by atoms with Gasteiger partial charge in [0.1, 0.15) is 5.75 Å². The smallest absolute Gasteiger partial charge is 0.227 e. The summed E-state index contributed by atoms with van der Waals surface area (Å²) in [5.41, 5.74) is 1.92. The lowest BCUT2D eigenvalue weighted by Crippen LogP contribution is -2.41. The second-order valence-electron chi connectivity index (χ2n) is 7.67. The normalized spacial score (nSPS) is 17.2. The van der Waals surface area contributed by atoms with Gasteiger partial charge in [0.15, 0.2) is 0 Å². The van der Waals surface area contributed by atoms with Gasteiger partial charge >= 0.3 is 0 Å². The summed E-state index contributed by atoms with van der Waals surface area (Å²) in [6.07, 6.45) is 5.39. The van der Waals surface area contributed by atoms with Crippen molar-refractivity contribution in [2.75, 3.05) is 13.1 Å². The van der Waals surface area contributed by atoms with Crippen molar-refractivity contribution in [2.45, 2.75) is 58.2 Å². The van der Waals surface area contributed by atoms with Crippen molar-refractivity contribution in [3.05, 3.63) is 59.9 Å². The zero-order valence-electron chi connectivity index (χ0n) is 16.9. The number of benzene rings is 1. The molecule has 1 aromatic heterocycles. The Kier molecular flexibility index (Phi) is 7.43. The SMILES string of the molecule is CC(C)Oc1cccc(CC(=O)N(Cc2ccccn2)C2CCCNCC2)c1. The number of rotatable bonds is 7. The van der Waals surface area contributed by atoms with Gasteiger partial charge in [0, 0.05) is 12.2 Å². The molecule has 3 rings (SSSR count). The van der Waals surface area contributed by atoms with E-state index in [2.05, 4.69) is 10.3 Å².